The van der Waals surface area contributed by atoms with Crippen LogP contribution in [0.3, 0.4) is 0 Å². The molecule has 0 saturated carbocycles. The number of thioether (sulfide) groups is 1. The van der Waals surface area contributed by atoms with Crippen molar-refractivity contribution in [3.8, 4) is 0 Å². The van der Waals surface area contributed by atoms with Crippen LogP contribution in [-0.2, 0) is 0 Å². The van der Waals surface area contributed by atoms with Gasteiger partial charge in [-0.15, -0.1) is 11.8 Å². The quantitative estimate of drug-likeness (QED) is 0.622. The van der Waals surface area contributed by atoms with Crippen molar-refractivity contribution in [2.75, 3.05) is 30.9 Å². The predicted octanol–water partition coefficient (Wildman–Crippen LogP) is 2.40. The highest BCUT2D eigenvalue weighted by Crippen LogP contribution is 2.31. The van der Waals surface area contributed by atoms with E-state index in [1.165, 1.54) is 17.8 Å². The number of benzene rings is 1. The van der Waals surface area contributed by atoms with Crippen LogP contribution in [0.25, 0.3) is 0 Å². The first-order chi connectivity index (χ1) is 9.30. The Balaban J connectivity index is 3.28. The molecule has 1 aromatic carbocycles. The van der Waals surface area contributed by atoms with Crippen molar-refractivity contribution in [3.05, 3.63) is 23.8 Å². The molecule has 0 aliphatic carbocycles. The number of hydrogen-bond acceptors (Lipinski definition) is 4. The molecule has 3 nitrogen and oxygen atoms in total. The van der Waals surface area contributed by atoms with E-state index in [-0.39, 0.29) is 17.2 Å². The molecular formula is C12H15F3N2OS2. The monoisotopic (exact) mass is 324 g/mol. The molecule has 0 aliphatic heterocycles. The molecule has 1 aromatic rings. The van der Waals surface area contributed by atoms with Gasteiger partial charge in [-0.1, -0.05) is 18.3 Å². The van der Waals surface area contributed by atoms with E-state index in [4.69, 9.17) is 23.1 Å². The van der Waals surface area contributed by atoms with Crippen LogP contribution in [0, 0.1) is 0 Å². The van der Waals surface area contributed by atoms with Crippen LogP contribution in [0.2, 0.25) is 0 Å². The zero-order valence-corrected chi connectivity index (χ0v) is 12.4. The van der Waals surface area contributed by atoms with E-state index in [0.29, 0.717) is 10.5 Å². The van der Waals surface area contributed by atoms with E-state index in [1.807, 2.05) is 0 Å². The topological polar surface area (TPSA) is 49.5 Å². The smallest absolute Gasteiger partial charge is 0.395 e. The summed E-state index contributed by atoms with van der Waals surface area (Å²) in [6, 6.07) is 4.91. The summed E-state index contributed by atoms with van der Waals surface area (Å²) < 4.78 is 37.9. The number of aliphatic hydroxyl groups excluding tert-OH is 1. The van der Waals surface area contributed by atoms with Crippen molar-refractivity contribution in [1.82, 2.24) is 0 Å². The van der Waals surface area contributed by atoms with E-state index in [0.717, 1.165) is 4.90 Å². The fourth-order valence-corrected chi connectivity index (χ4v) is 2.74. The van der Waals surface area contributed by atoms with Crippen molar-refractivity contribution >= 4 is 34.7 Å². The molecular weight excluding hydrogens is 309 g/mol. The summed E-state index contributed by atoms with van der Waals surface area (Å²) in [6.07, 6.45) is -2.58. The summed E-state index contributed by atoms with van der Waals surface area (Å²) in [6.45, 7) is -1.70. The minimum atomic E-state index is -4.38. The van der Waals surface area contributed by atoms with Gasteiger partial charge in [-0.05, 0) is 18.4 Å². The van der Waals surface area contributed by atoms with Gasteiger partial charge in [-0.2, -0.15) is 13.2 Å². The van der Waals surface area contributed by atoms with Gasteiger partial charge < -0.3 is 15.7 Å². The average molecular weight is 324 g/mol. The maximum absolute atomic E-state index is 12.6. The summed E-state index contributed by atoms with van der Waals surface area (Å²) in [5, 5.41) is 8.97. The van der Waals surface area contributed by atoms with E-state index in [2.05, 4.69) is 0 Å². The zero-order chi connectivity index (χ0) is 15.3. The number of nitrogens with two attached hydrogens (primary N) is 1. The van der Waals surface area contributed by atoms with Gasteiger partial charge >= 0.3 is 6.18 Å². The number of thiocarbonyl (C=S) groups is 1. The minimum Gasteiger partial charge on any atom is -0.395 e. The van der Waals surface area contributed by atoms with E-state index < -0.39 is 19.3 Å². The summed E-state index contributed by atoms with van der Waals surface area (Å²) in [4.78, 5) is 1.78. The lowest BCUT2D eigenvalue weighted by molar-refractivity contribution is -0.119. The van der Waals surface area contributed by atoms with Crippen LogP contribution in [0.15, 0.2) is 23.1 Å². The first-order valence-electron chi connectivity index (χ1n) is 5.69. The molecule has 0 atom stereocenters. The fraction of sp³-hybridized carbons (Fsp3) is 0.417. The number of aliphatic hydroxyl groups is 1. The number of rotatable bonds is 6. The second-order valence-corrected chi connectivity index (χ2v) is 5.27. The molecule has 0 heterocycles. The molecule has 20 heavy (non-hydrogen) atoms. The Kier molecular flexibility index (Phi) is 6.09. The highest BCUT2D eigenvalue weighted by Gasteiger charge is 2.32. The summed E-state index contributed by atoms with van der Waals surface area (Å²) in [5.74, 6) is 0. The Morgan fingerprint density at radius 3 is 2.55 bits per heavy atom. The van der Waals surface area contributed by atoms with Crippen LogP contribution < -0.4 is 10.6 Å². The molecule has 3 N–H and O–H groups in total. The maximum atomic E-state index is 12.6. The number of nitrogens with zero attached hydrogens (tertiary/aromatic N) is 1. The third-order valence-corrected chi connectivity index (χ3v) is 3.54. The van der Waals surface area contributed by atoms with Crippen molar-refractivity contribution in [2.24, 2.45) is 5.73 Å². The van der Waals surface area contributed by atoms with Crippen LogP contribution in [0.5, 0.6) is 0 Å². The molecule has 0 radical (unpaired) electrons. The van der Waals surface area contributed by atoms with Crippen LogP contribution in [0.4, 0.5) is 18.9 Å². The third kappa shape index (κ3) is 4.53. The number of halogens is 3. The first kappa shape index (κ1) is 17.1. The summed E-state index contributed by atoms with van der Waals surface area (Å²) in [5.41, 5.74) is 6.33. The molecule has 0 amide bonds. The molecule has 0 bridgehead atoms. The lowest BCUT2D eigenvalue weighted by atomic mass is 10.1. The Bertz CT molecular complexity index is 480. The lowest BCUT2D eigenvalue weighted by Crippen LogP contribution is -2.37. The lowest BCUT2D eigenvalue weighted by Gasteiger charge is -2.28. The normalized spacial score (nSPS) is 11.4. The molecule has 1 rings (SSSR count). The van der Waals surface area contributed by atoms with E-state index in [9.17, 15) is 13.2 Å². The van der Waals surface area contributed by atoms with Crippen molar-refractivity contribution in [1.29, 1.82) is 0 Å². The molecule has 0 fully saturated rings. The Labute approximate surface area is 124 Å². The van der Waals surface area contributed by atoms with Crippen molar-refractivity contribution < 1.29 is 18.3 Å². The highest BCUT2D eigenvalue weighted by atomic mass is 32.2. The Hall–Kier alpha value is -0.990. The van der Waals surface area contributed by atoms with Gasteiger partial charge in [0.25, 0.3) is 0 Å². The standard InChI is InChI=1S/C12H15F3N2OS2/c1-20-9-4-2-3-8(10(9)11(16)19)17(5-6-18)7-12(13,14)15/h2-4,18H,5-7H2,1H3,(H2,16,19). The third-order valence-electron chi connectivity index (χ3n) is 2.55. The fourth-order valence-electron chi connectivity index (χ4n) is 1.82. The van der Waals surface area contributed by atoms with Crippen LogP contribution in [-0.4, -0.2) is 42.2 Å². The van der Waals surface area contributed by atoms with Gasteiger partial charge in [-0.25, -0.2) is 0 Å². The van der Waals surface area contributed by atoms with Gasteiger partial charge in [0.1, 0.15) is 11.5 Å². The molecule has 0 aromatic heterocycles. The van der Waals surface area contributed by atoms with Gasteiger partial charge in [0.05, 0.1) is 6.61 Å². The summed E-state index contributed by atoms with van der Waals surface area (Å²) in [7, 11) is 0. The molecule has 0 aliphatic rings. The number of anilines is 1. The van der Waals surface area contributed by atoms with Crippen molar-refractivity contribution in [3.63, 3.8) is 0 Å². The second-order valence-electron chi connectivity index (χ2n) is 3.98. The zero-order valence-electron chi connectivity index (χ0n) is 10.8. The van der Waals surface area contributed by atoms with Crippen LogP contribution in [0.1, 0.15) is 5.56 Å². The number of alkyl halides is 3. The highest BCUT2D eigenvalue weighted by molar-refractivity contribution is 7.98. The largest absolute Gasteiger partial charge is 0.405 e. The maximum Gasteiger partial charge on any atom is 0.405 e. The van der Waals surface area contributed by atoms with Crippen LogP contribution >= 0.6 is 24.0 Å². The molecule has 8 heteroatoms. The first-order valence-corrected chi connectivity index (χ1v) is 7.32. The van der Waals surface area contributed by atoms with E-state index in [1.54, 1.807) is 18.4 Å². The van der Waals surface area contributed by atoms with Crippen molar-refractivity contribution in [2.45, 2.75) is 11.1 Å². The molecule has 0 saturated heterocycles. The number of hydrogen-bond donors (Lipinski definition) is 2. The molecule has 0 unspecified atom stereocenters. The Morgan fingerprint density at radius 1 is 1.45 bits per heavy atom. The molecule has 0 spiro atoms. The predicted molar refractivity (Wildman–Crippen MR) is 79.5 cm³/mol. The summed E-state index contributed by atoms with van der Waals surface area (Å²) >= 11 is 6.30. The van der Waals surface area contributed by atoms with Gasteiger partial charge in [0.15, 0.2) is 0 Å². The van der Waals surface area contributed by atoms with Gasteiger partial charge in [0.2, 0.25) is 0 Å². The Morgan fingerprint density at radius 2 is 2.10 bits per heavy atom. The average Bonchev–Trinajstić information content (AvgIpc) is 2.35. The van der Waals surface area contributed by atoms with Gasteiger partial charge in [-0.3, -0.25) is 0 Å². The minimum absolute atomic E-state index is 0.0371. The SMILES string of the molecule is CSc1cccc(N(CCO)CC(F)(F)F)c1C(N)=S. The molecule has 112 valence electrons. The van der Waals surface area contributed by atoms with Gasteiger partial charge in [0, 0.05) is 22.7 Å². The second kappa shape index (κ2) is 7.14. The van der Waals surface area contributed by atoms with E-state index >= 15 is 0 Å².